The van der Waals surface area contributed by atoms with Gasteiger partial charge in [-0.15, -0.1) is 0 Å². The van der Waals surface area contributed by atoms with Crippen molar-refractivity contribution in [1.29, 1.82) is 0 Å². The summed E-state index contributed by atoms with van der Waals surface area (Å²) in [6.07, 6.45) is 0.240. The maximum absolute atomic E-state index is 13.3. The third-order valence-corrected chi connectivity index (χ3v) is 7.18. The third-order valence-electron chi connectivity index (χ3n) is 5.67. The molecule has 2 aromatic carbocycles. The predicted octanol–water partition coefficient (Wildman–Crippen LogP) is 0.640. The second kappa shape index (κ2) is 8.75. The van der Waals surface area contributed by atoms with Crippen LogP contribution < -0.4 is 10.0 Å². The van der Waals surface area contributed by atoms with E-state index < -0.39 is 45.8 Å². The molecule has 2 N–H and O–H groups in total. The molecule has 0 spiro atoms. The summed E-state index contributed by atoms with van der Waals surface area (Å²) >= 11 is 0. The highest BCUT2D eigenvalue weighted by molar-refractivity contribution is 7.89. The Bertz CT molecular complexity index is 1240. The van der Waals surface area contributed by atoms with Gasteiger partial charge >= 0.3 is 5.97 Å². The molecule has 0 aliphatic carbocycles. The van der Waals surface area contributed by atoms with Gasteiger partial charge in [0.1, 0.15) is 12.1 Å². The second-order valence-corrected chi connectivity index (χ2v) is 9.35. The number of hydrogen-bond acceptors (Lipinski definition) is 7. The maximum atomic E-state index is 13.3. The fraction of sp³-hybridized carbons (Fsp3) is 0.273. The van der Waals surface area contributed by atoms with Crippen LogP contribution in [0.4, 0.5) is 0 Å². The van der Waals surface area contributed by atoms with Crippen molar-refractivity contribution in [3.63, 3.8) is 0 Å². The van der Waals surface area contributed by atoms with Gasteiger partial charge in [0.25, 0.3) is 5.91 Å². The van der Waals surface area contributed by atoms with Crippen LogP contribution in [0.15, 0.2) is 53.4 Å². The molecule has 0 saturated carbocycles. The van der Waals surface area contributed by atoms with Gasteiger partial charge < -0.3 is 9.64 Å². The highest BCUT2D eigenvalue weighted by Gasteiger charge is 2.41. The van der Waals surface area contributed by atoms with Crippen LogP contribution in [0.3, 0.4) is 0 Å². The summed E-state index contributed by atoms with van der Waals surface area (Å²) in [4.78, 5) is 50.1. The van der Waals surface area contributed by atoms with Crippen molar-refractivity contribution in [2.45, 2.75) is 36.4 Å². The normalized spacial score (nSPS) is 19.1. The van der Waals surface area contributed by atoms with Crippen LogP contribution in [0, 0.1) is 0 Å². The second-order valence-electron chi connectivity index (χ2n) is 7.67. The number of ether oxygens (including phenoxy) is 1. The van der Waals surface area contributed by atoms with E-state index in [0.29, 0.717) is 5.56 Å². The molecular formula is C22H21N3O7S. The molecule has 4 rings (SSSR count). The van der Waals surface area contributed by atoms with Crippen LogP contribution in [0.25, 0.3) is 0 Å². The molecule has 2 aliphatic heterocycles. The van der Waals surface area contributed by atoms with Gasteiger partial charge in [-0.3, -0.25) is 19.7 Å². The lowest BCUT2D eigenvalue weighted by Gasteiger charge is -2.29. The molecule has 1 fully saturated rings. The van der Waals surface area contributed by atoms with E-state index in [0.717, 1.165) is 7.11 Å². The van der Waals surface area contributed by atoms with Crippen LogP contribution in [0.5, 0.6) is 0 Å². The number of nitrogens with one attached hydrogen (secondary N) is 2. The smallest absolute Gasteiger partial charge is 0.328 e. The molecule has 2 heterocycles. The van der Waals surface area contributed by atoms with Crippen LogP contribution in [-0.2, 0) is 35.7 Å². The number of imide groups is 1. The number of sulfonamides is 1. The fourth-order valence-electron chi connectivity index (χ4n) is 4.04. The Balaban J connectivity index is 1.66. The highest BCUT2D eigenvalue weighted by atomic mass is 32.2. The van der Waals surface area contributed by atoms with E-state index >= 15 is 0 Å². The summed E-state index contributed by atoms with van der Waals surface area (Å²) in [5.41, 5.74) is 0.759. The molecule has 33 heavy (non-hydrogen) atoms. The van der Waals surface area contributed by atoms with Crippen molar-refractivity contribution in [2.75, 3.05) is 7.11 Å². The average molecular weight is 471 g/mol. The Morgan fingerprint density at radius 1 is 1.12 bits per heavy atom. The van der Waals surface area contributed by atoms with Gasteiger partial charge in [-0.05, 0) is 24.1 Å². The first kappa shape index (κ1) is 22.6. The van der Waals surface area contributed by atoms with E-state index in [1.54, 1.807) is 30.3 Å². The molecular weight excluding hydrogens is 450 g/mol. The maximum Gasteiger partial charge on any atom is 0.328 e. The van der Waals surface area contributed by atoms with Gasteiger partial charge in [-0.1, -0.05) is 36.4 Å². The summed E-state index contributed by atoms with van der Waals surface area (Å²) in [6.45, 7) is -0.119. The third kappa shape index (κ3) is 4.24. The number of fused-ring (bicyclic) bond motifs is 1. The highest BCUT2D eigenvalue weighted by Crippen LogP contribution is 2.32. The van der Waals surface area contributed by atoms with E-state index in [1.807, 2.05) is 0 Å². The van der Waals surface area contributed by atoms with Crippen LogP contribution >= 0.6 is 0 Å². The zero-order chi connectivity index (χ0) is 23.8. The minimum Gasteiger partial charge on any atom is -0.468 e. The summed E-state index contributed by atoms with van der Waals surface area (Å²) in [5.74, 6) is -2.30. The quantitative estimate of drug-likeness (QED) is 0.466. The van der Waals surface area contributed by atoms with Crippen molar-refractivity contribution in [2.24, 2.45) is 0 Å². The zero-order valence-corrected chi connectivity index (χ0v) is 18.4. The first-order valence-electron chi connectivity index (χ1n) is 10.1. The molecule has 2 atom stereocenters. The Morgan fingerprint density at radius 2 is 1.85 bits per heavy atom. The van der Waals surface area contributed by atoms with E-state index in [9.17, 15) is 27.6 Å². The molecule has 1 unspecified atom stereocenters. The topological polar surface area (TPSA) is 139 Å². The van der Waals surface area contributed by atoms with Gasteiger partial charge in [0.15, 0.2) is 0 Å². The monoisotopic (exact) mass is 471 g/mol. The lowest BCUT2D eigenvalue weighted by Crippen LogP contribution is -2.52. The average Bonchev–Trinajstić information content (AvgIpc) is 3.14. The lowest BCUT2D eigenvalue weighted by molar-refractivity contribution is -0.143. The van der Waals surface area contributed by atoms with Crippen molar-refractivity contribution in [1.82, 2.24) is 14.9 Å². The van der Waals surface area contributed by atoms with Gasteiger partial charge in [0, 0.05) is 24.1 Å². The molecule has 0 aromatic heterocycles. The van der Waals surface area contributed by atoms with Crippen molar-refractivity contribution in [3.05, 3.63) is 65.2 Å². The molecule has 2 aromatic rings. The van der Waals surface area contributed by atoms with Gasteiger partial charge in [-0.2, -0.15) is 4.72 Å². The van der Waals surface area contributed by atoms with Crippen LogP contribution in [0.2, 0.25) is 0 Å². The van der Waals surface area contributed by atoms with Crippen LogP contribution in [0.1, 0.15) is 40.4 Å². The van der Waals surface area contributed by atoms with Gasteiger partial charge in [0.2, 0.25) is 21.8 Å². The molecule has 172 valence electrons. The van der Waals surface area contributed by atoms with Crippen LogP contribution in [-0.4, -0.2) is 50.2 Å². The van der Waals surface area contributed by atoms with Crippen molar-refractivity contribution >= 4 is 33.7 Å². The minimum absolute atomic E-state index is 0.0845. The molecule has 0 radical (unpaired) electrons. The molecule has 3 amide bonds. The molecule has 1 saturated heterocycles. The van der Waals surface area contributed by atoms with E-state index in [4.69, 9.17) is 4.74 Å². The Hall–Kier alpha value is -3.57. The summed E-state index contributed by atoms with van der Waals surface area (Å²) < 4.78 is 33.8. The summed E-state index contributed by atoms with van der Waals surface area (Å²) in [5, 5.41) is 2.21. The van der Waals surface area contributed by atoms with Crippen molar-refractivity contribution < 1.29 is 32.3 Å². The first-order valence-corrected chi connectivity index (χ1v) is 11.6. The number of rotatable bonds is 6. The number of amides is 3. The molecule has 10 nitrogen and oxygen atoms in total. The molecule has 2 aliphatic rings. The van der Waals surface area contributed by atoms with Crippen molar-refractivity contribution in [3.8, 4) is 0 Å². The number of piperidine rings is 1. The Kier molecular flexibility index (Phi) is 6.00. The number of carbonyl (C=O) groups is 4. The Morgan fingerprint density at radius 3 is 2.52 bits per heavy atom. The van der Waals surface area contributed by atoms with E-state index in [1.165, 1.54) is 23.1 Å². The first-order chi connectivity index (χ1) is 15.7. The predicted molar refractivity (Wildman–Crippen MR) is 114 cm³/mol. The molecule has 0 bridgehead atoms. The minimum atomic E-state index is -4.27. The summed E-state index contributed by atoms with van der Waals surface area (Å²) in [6, 6.07) is 10.3. The van der Waals surface area contributed by atoms with Gasteiger partial charge in [-0.25, -0.2) is 13.2 Å². The number of benzene rings is 2. The number of methoxy groups -OCH3 is 1. The molecule has 11 heteroatoms. The van der Waals surface area contributed by atoms with E-state index in [-0.39, 0.29) is 35.4 Å². The summed E-state index contributed by atoms with van der Waals surface area (Å²) in [7, 11) is -3.12. The number of esters is 1. The van der Waals surface area contributed by atoms with Gasteiger partial charge in [0.05, 0.1) is 12.0 Å². The van der Waals surface area contributed by atoms with E-state index in [2.05, 4.69) is 10.0 Å². The zero-order valence-electron chi connectivity index (χ0n) is 17.6. The Labute approximate surface area is 190 Å². The number of carbonyl (C=O) groups excluding carboxylic acids is 4. The number of hydrogen-bond donors (Lipinski definition) is 2. The largest absolute Gasteiger partial charge is 0.468 e. The SMILES string of the molecule is COC(=O)[C@H](NS(=O)(=O)c1cccc2c1CN(C1CCC(=O)NC1=O)C2=O)c1ccccc1. The standard InChI is InChI=1S/C22H21N3O7S/c1-32-22(29)19(13-6-3-2-4-7-13)24-33(30,31)17-9-5-8-14-15(17)12-25(21(14)28)16-10-11-18(26)23-20(16)27/h2-9,16,19,24H,10-12H2,1H3,(H,23,26,27)/t16?,19-/m1/s1. The number of nitrogens with zero attached hydrogens (tertiary/aromatic N) is 1. The lowest BCUT2D eigenvalue weighted by atomic mass is 10.0. The fourth-order valence-corrected chi connectivity index (χ4v) is 5.47.